The third-order valence-electron chi connectivity index (χ3n) is 4.87. The van der Waals surface area contributed by atoms with Gasteiger partial charge in [-0.15, -0.1) is 0 Å². The molecule has 0 aromatic heterocycles. The first-order valence-corrected chi connectivity index (χ1v) is 8.93. The topological polar surface area (TPSA) is 77.8 Å². The van der Waals surface area contributed by atoms with E-state index in [1.807, 2.05) is 0 Å². The number of hydrogen-bond acceptors (Lipinski definition) is 4. The second-order valence-electron chi connectivity index (χ2n) is 6.60. The smallest absolute Gasteiger partial charge is 0.136 e. The van der Waals surface area contributed by atoms with Gasteiger partial charge in [0, 0.05) is 17.8 Å². The molecule has 0 aliphatic carbocycles. The van der Waals surface area contributed by atoms with E-state index in [-0.39, 0.29) is 25.6 Å². The first kappa shape index (κ1) is 21.6. The van der Waals surface area contributed by atoms with Crippen LogP contribution in [0.5, 0.6) is 0 Å². The number of rotatable bonds is 15. The van der Waals surface area contributed by atoms with Gasteiger partial charge in [0.25, 0.3) is 0 Å². The zero-order chi connectivity index (χ0) is 16.8. The Hall–Kier alpha value is -0.450. The molecule has 4 nitrogen and oxygen atoms in total. The lowest BCUT2D eigenvalue weighted by atomic mass is 9.75. The van der Waals surface area contributed by atoms with Gasteiger partial charge in [0.2, 0.25) is 0 Å². The Morgan fingerprint density at radius 1 is 0.818 bits per heavy atom. The highest BCUT2D eigenvalue weighted by molar-refractivity contribution is 5.81. The first-order chi connectivity index (χ1) is 10.6. The molecule has 0 fully saturated rings. The summed E-state index contributed by atoms with van der Waals surface area (Å²) in [4.78, 5) is 12.1. The molecule has 0 saturated carbocycles. The number of aliphatic hydroxyl groups is 3. The summed E-state index contributed by atoms with van der Waals surface area (Å²) in [6.07, 6.45) is 11.3. The van der Waals surface area contributed by atoms with Gasteiger partial charge in [-0.25, -0.2) is 0 Å². The van der Waals surface area contributed by atoms with Crippen LogP contribution in [0.2, 0.25) is 0 Å². The summed E-state index contributed by atoms with van der Waals surface area (Å²) in [6, 6.07) is 0. The molecule has 0 bridgehead atoms. The minimum Gasteiger partial charge on any atom is -0.396 e. The normalized spacial score (nSPS) is 13.3. The molecule has 0 amide bonds. The number of unbranched alkanes of at least 4 members (excludes halogenated alkanes) is 8. The number of Topliss-reactive ketones (excluding diaryl/α,β-unsaturated/α-hetero) is 1. The summed E-state index contributed by atoms with van der Waals surface area (Å²) in [6.45, 7) is 2.80. The van der Waals surface area contributed by atoms with E-state index in [1.54, 1.807) is 6.92 Å². The highest BCUT2D eigenvalue weighted by Gasteiger charge is 2.38. The molecule has 0 saturated heterocycles. The third kappa shape index (κ3) is 7.70. The summed E-state index contributed by atoms with van der Waals surface area (Å²) in [5.74, 6) is -0.485. The Kier molecular flexibility index (Phi) is 12.8. The number of aliphatic hydroxyl groups excluding tert-OH is 3. The van der Waals surface area contributed by atoms with Crippen molar-refractivity contribution in [3.63, 3.8) is 0 Å². The van der Waals surface area contributed by atoms with Crippen molar-refractivity contribution in [2.75, 3.05) is 19.8 Å². The Morgan fingerprint density at radius 2 is 1.23 bits per heavy atom. The molecular formula is C18H36O4. The molecule has 0 spiro atoms. The third-order valence-corrected chi connectivity index (χ3v) is 4.87. The lowest BCUT2D eigenvalue weighted by Crippen LogP contribution is -2.43. The number of carbonyl (C=O) groups excluding carboxylic acids is 1. The Morgan fingerprint density at radius 3 is 1.64 bits per heavy atom. The largest absolute Gasteiger partial charge is 0.396 e. The van der Waals surface area contributed by atoms with E-state index < -0.39 is 11.3 Å². The predicted octanol–water partition coefficient (Wildman–Crippen LogP) is 3.08. The van der Waals surface area contributed by atoms with Gasteiger partial charge in [-0.05, 0) is 6.42 Å². The summed E-state index contributed by atoms with van der Waals surface area (Å²) < 4.78 is 0. The molecule has 0 aromatic rings. The minimum atomic E-state index is -1.09. The molecule has 0 aliphatic heterocycles. The summed E-state index contributed by atoms with van der Waals surface area (Å²) in [5, 5.41) is 28.1. The van der Waals surface area contributed by atoms with Crippen LogP contribution in [0, 0.1) is 11.3 Å². The highest BCUT2D eigenvalue weighted by atomic mass is 16.3. The molecule has 3 N–H and O–H groups in total. The fourth-order valence-corrected chi connectivity index (χ4v) is 2.73. The van der Waals surface area contributed by atoms with E-state index in [2.05, 4.69) is 6.92 Å². The fourth-order valence-electron chi connectivity index (χ4n) is 2.73. The highest BCUT2D eigenvalue weighted by Crippen LogP contribution is 2.28. The van der Waals surface area contributed by atoms with E-state index in [9.17, 15) is 20.1 Å². The maximum Gasteiger partial charge on any atom is 0.136 e. The Balaban J connectivity index is 3.80. The molecule has 132 valence electrons. The van der Waals surface area contributed by atoms with E-state index in [1.165, 1.54) is 44.9 Å². The second-order valence-corrected chi connectivity index (χ2v) is 6.60. The van der Waals surface area contributed by atoms with Crippen LogP contribution in [0.1, 0.15) is 78.1 Å². The van der Waals surface area contributed by atoms with Gasteiger partial charge in [-0.1, -0.05) is 65.2 Å². The van der Waals surface area contributed by atoms with Crippen LogP contribution < -0.4 is 0 Å². The Bertz CT molecular complexity index is 266. The van der Waals surface area contributed by atoms with Crippen LogP contribution >= 0.6 is 0 Å². The van der Waals surface area contributed by atoms with E-state index >= 15 is 0 Å². The molecule has 1 atom stereocenters. The van der Waals surface area contributed by atoms with E-state index in [0.29, 0.717) is 6.42 Å². The summed E-state index contributed by atoms with van der Waals surface area (Å²) in [5.41, 5.74) is -1.09. The van der Waals surface area contributed by atoms with Gasteiger partial charge in [-0.2, -0.15) is 0 Å². The second kappa shape index (κ2) is 13.0. The van der Waals surface area contributed by atoms with Crippen molar-refractivity contribution in [2.45, 2.75) is 78.1 Å². The van der Waals surface area contributed by atoms with Crippen molar-refractivity contribution in [3.05, 3.63) is 0 Å². The van der Waals surface area contributed by atoms with E-state index in [0.717, 1.165) is 12.8 Å². The monoisotopic (exact) mass is 316 g/mol. The van der Waals surface area contributed by atoms with Crippen molar-refractivity contribution in [2.24, 2.45) is 11.3 Å². The van der Waals surface area contributed by atoms with Gasteiger partial charge in [-0.3, -0.25) is 4.79 Å². The average molecular weight is 316 g/mol. The van der Waals surface area contributed by atoms with Crippen molar-refractivity contribution in [1.29, 1.82) is 0 Å². The SMILES string of the molecule is CCCCCCCCCCCC(=O)C(C)C(CO)(CO)CO. The molecule has 0 aliphatic rings. The minimum absolute atomic E-state index is 0.0279. The zero-order valence-corrected chi connectivity index (χ0v) is 14.5. The number of carbonyl (C=O) groups is 1. The van der Waals surface area contributed by atoms with Crippen LogP contribution in [-0.4, -0.2) is 40.9 Å². The van der Waals surface area contributed by atoms with Crippen LogP contribution in [0.15, 0.2) is 0 Å². The molecule has 4 heteroatoms. The molecule has 0 aromatic carbocycles. The van der Waals surface area contributed by atoms with Gasteiger partial charge in [0.1, 0.15) is 5.78 Å². The molecular weight excluding hydrogens is 280 g/mol. The fraction of sp³-hybridized carbons (Fsp3) is 0.944. The van der Waals surface area contributed by atoms with Crippen molar-refractivity contribution in [1.82, 2.24) is 0 Å². The lowest BCUT2D eigenvalue weighted by molar-refractivity contribution is -0.132. The van der Waals surface area contributed by atoms with Crippen molar-refractivity contribution >= 4 is 5.78 Å². The summed E-state index contributed by atoms with van der Waals surface area (Å²) >= 11 is 0. The molecule has 0 rings (SSSR count). The van der Waals surface area contributed by atoms with Crippen LogP contribution in [0.4, 0.5) is 0 Å². The van der Waals surface area contributed by atoms with Crippen LogP contribution in [-0.2, 0) is 4.79 Å². The summed E-state index contributed by atoms with van der Waals surface area (Å²) in [7, 11) is 0. The van der Waals surface area contributed by atoms with Gasteiger partial charge in [0.05, 0.1) is 19.8 Å². The zero-order valence-electron chi connectivity index (χ0n) is 14.5. The maximum atomic E-state index is 12.1. The standard InChI is InChI=1S/C18H36O4/c1-3-4-5-6-7-8-9-10-11-12-17(22)16(2)18(13-19,14-20)15-21/h16,19-21H,3-15H2,1-2H3. The molecule has 0 heterocycles. The average Bonchev–Trinajstić information content (AvgIpc) is 2.55. The van der Waals surface area contributed by atoms with Gasteiger partial charge >= 0.3 is 0 Å². The quantitative estimate of drug-likeness (QED) is 0.406. The van der Waals surface area contributed by atoms with E-state index in [4.69, 9.17) is 0 Å². The first-order valence-electron chi connectivity index (χ1n) is 8.93. The van der Waals surface area contributed by atoms with Gasteiger partial charge in [0.15, 0.2) is 0 Å². The maximum absolute atomic E-state index is 12.1. The molecule has 1 unspecified atom stereocenters. The lowest BCUT2D eigenvalue weighted by Gasteiger charge is -2.33. The predicted molar refractivity (Wildman–Crippen MR) is 89.7 cm³/mol. The number of ketones is 1. The van der Waals surface area contributed by atoms with Crippen LogP contribution in [0.3, 0.4) is 0 Å². The van der Waals surface area contributed by atoms with Gasteiger partial charge < -0.3 is 15.3 Å². The van der Waals surface area contributed by atoms with Crippen LogP contribution in [0.25, 0.3) is 0 Å². The molecule has 0 radical (unpaired) electrons. The van der Waals surface area contributed by atoms with Crippen molar-refractivity contribution in [3.8, 4) is 0 Å². The number of hydrogen-bond donors (Lipinski definition) is 3. The Labute approximate surface area is 135 Å². The van der Waals surface area contributed by atoms with Crippen molar-refractivity contribution < 1.29 is 20.1 Å². The molecule has 22 heavy (non-hydrogen) atoms.